The van der Waals surface area contributed by atoms with Gasteiger partial charge < -0.3 is 15.2 Å². The number of nitrogens with one attached hydrogen (secondary N) is 3. The Morgan fingerprint density at radius 3 is 3.24 bits per heavy atom. The van der Waals surface area contributed by atoms with E-state index in [1.165, 1.54) is 0 Å². The van der Waals surface area contributed by atoms with Crippen LogP contribution in [0.15, 0.2) is 10.6 Å². The van der Waals surface area contributed by atoms with Crippen molar-refractivity contribution < 1.29 is 9.32 Å². The van der Waals surface area contributed by atoms with Crippen LogP contribution in [0.25, 0.3) is 0 Å². The van der Waals surface area contributed by atoms with Gasteiger partial charge in [-0.3, -0.25) is 9.89 Å². The molecule has 0 aliphatic carbocycles. The number of H-pyrrole nitrogens is 1. The number of aromatic nitrogens is 4. The van der Waals surface area contributed by atoms with Gasteiger partial charge >= 0.3 is 0 Å². The summed E-state index contributed by atoms with van der Waals surface area (Å²) in [6, 6.07) is 1.86. The summed E-state index contributed by atoms with van der Waals surface area (Å²) in [7, 11) is 0. The van der Waals surface area contributed by atoms with Crippen LogP contribution < -0.4 is 10.6 Å². The lowest BCUT2D eigenvalue weighted by molar-refractivity contribution is 0.101. The van der Waals surface area contributed by atoms with Gasteiger partial charge in [-0.1, -0.05) is 18.5 Å². The van der Waals surface area contributed by atoms with Gasteiger partial charge in [-0.15, -0.1) is 0 Å². The molecule has 8 nitrogen and oxygen atoms in total. The van der Waals surface area contributed by atoms with Crippen LogP contribution in [0.4, 0.5) is 5.82 Å². The highest BCUT2D eigenvalue weighted by Crippen LogP contribution is 2.21. The van der Waals surface area contributed by atoms with E-state index >= 15 is 0 Å². The van der Waals surface area contributed by atoms with Crippen molar-refractivity contribution in [3.8, 4) is 0 Å². The first-order valence-corrected chi connectivity index (χ1v) is 7.19. The predicted molar refractivity (Wildman–Crippen MR) is 74.8 cm³/mol. The fraction of sp³-hybridized carbons (Fsp3) is 0.538. The van der Waals surface area contributed by atoms with E-state index < -0.39 is 5.91 Å². The number of rotatable bonds is 5. The van der Waals surface area contributed by atoms with Crippen LogP contribution in [0, 0.1) is 0 Å². The minimum Gasteiger partial charge on any atom is -0.337 e. The second kappa shape index (κ2) is 6.04. The summed E-state index contributed by atoms with van der Waals surface area (Å²) in [5.74, 6) is 0.538. The number of aryl methyl sites for hydroxylation is 1. The fourth-order valence-electron chi connectivity index (χ4n) is 2.36. The second-order valence-corrected chi connectivity index (χ2v) is 5.09. The van der Waals surface area contributed by atoms with E-state index in [9.17, 15) is 4.79 Å². The van der Waals surface area contributed by atoms with Crippen molar-refractivity contribution in [3.63, 3.8) is 0 Å². The van der Waals surface area contributed by atoms with Crippen molar-refractivity contribution in [3.05, 3.63) is 23.5 Å². The topological polar surface area (TPSA) is 109 Å². The molecular weight excluding hydrogens is 272 g/mol. The molecule has 2 aromatic rings. The van der Waals surface area contributed by atoms with Crippen molar-refractivity contribution in [1.29, 1.82) is 0 Å². The number of carbonyl (C=O) groups excluding carboxylic acids is 1. The molecule has 1 aliphatic heterocycles. The Labute approximate surface area is 121 Å². The molecule has 0 spiro atoms. The van der Waals surface area contributed by atoms with E-state index in [4.69, 9.17) is 4.52 Å². The van der Waals surface area contributed by atoms with E-state index in [1.807, 2.05) is 0 Å². The van der Waals surface area contributed by atoms with Gasteiger partial charge in [0.2, 0.25) is 5.89 Å². The standard InChI is InChI=1S/C13H18N6O2/c1-2-4-8-7-10(18-17-8)15-12(20)11-16-13(21-19-11)9-5-3-6-14-9/h7,9,14H,2-6H2,1H3,(H2,15,17,18,20). The lowest BCUT2D eigenvalue weighted by atomic mass is 10.2. The molecule has 1 atom stereocenters. The molecule has 8 heteroatoms. The molecular formula is C13H18N6O2. The van der Waals surface area contributed by atoms with E-state index in [0.717, 1.165) is 37.9 Å². The van der Waals surface area contributed by atoms with Gasteiger partial charge in [0.05, 0.1) is 6.04 Å². The quantitative estimate of drug-likeness (QED) is 0.768. The Hall–Kier alpha value is -2.22. The third kappa shape index (κ3) is 3.10. The summed E-state index contributed by atoms with van der Waals surface area (Å²) < 4.78 is 5.14. The van der Waals surface area contributed by atoms with Crippen LogP contribution in [0.5, 0.6) is 0 Å². The van der Waals surface area contributed by atoms with E-state index in [1.54, 1.807) is 6.07 Å². The Morgan fingerprint density at radius 1 is 1.57 bits per heavy atom. The van der Waals surface area contributed by atoms with E-state index in [2.05, 4.69) is 37.9 Å². The summed E-state index contributed by atoms with van der Waals surface area (Å²) in [6.07, 6.45) is 3.92. The molecule has 0 bridgehead atoms. The van der Waals surface area contributed by atoms with Crippen molar-refractivity contribution in [1.82, 2.24) is 25.7 Å². The molecule has 112 valence electrons. The lowest BCUT2D eigenvalue weighted by Crippen LogP contribution is -2.16. The van der Waals surface area contributed by atoms with Gasteiger partial charge in [0, 0.05) is 11.8 Å². The number of amides is 1. The largest absolute Gasteiger partial charge is 0.337 e. The number of anilines is 1. The molecule has 1 saturated heterocycles. The number of carbonyl (C=O) groups is 1. The molecule has 1 amide bonds. The molecule has 3 N–H and O–H groups in total. The zero-order valence-electron chi connectivity index (χ0n) is 11.8. The monoisotopic (exact) mass is 290 g/mol. The minimum atomic E-state index is -0.419. The van der Waals surface area contributed by atoms with Gasteiger partial charge in [-0.25, -0.2) is 0 Å². The van der Waals surface area contributed by atoms with Crippen molar-refractivity contribution in [2.24, 2.45) is 0 Å². The fourth-order valence-corrected chi connectivity index (χ4v) is 2.36. The Bertz CT molecular complexity index is 614. The molecule has 0 aromatic carbocycles. The van der Waals surface area contributed by atoms with Crippen LogP contribution in [0.3, 0.4) is 0 Å². The van der Waals surface area contributed by atoms with Gasteiger partial charge in [0.1, 0.15) is 0 Å². The van der Waals surface area contributed by atoms with Crippen LogP contribution in [-0.2, 0) is 6.42 Å². The number of hydrogen-bond acceptors (Lipinski definition) is 6. The number of aromatic amines is 1. The maximum atomic E-state index is 12.0. The summed E-state index contributed by atoms with van der Waals surface area (Å²) in [4.78, 5) is 16.2. The smallest absolute Gasteiger partial charge is 0.298 e. The van der Waals surface area contributed by atoms with Gasteiger partial charge in [0.15, 0.2) is 5.82 Å². The molecule has 1 fully saturated rings. The molecule has 3 rings (SSSR count). The summed E-state index contributed by atoms with van der Waals surface area (Å²) >= 11 is 0. The maximum absolute atomic E-state index is 12.0. The second-order valence-electron chi connectivity index (χ2n) is 5.09. The summed E-state index contributed by atoms with van der Waals surface area (Å²) in [5, 5.41) is 16.5. The van der Waals surface area contributed by atoms with Gasteiger partial charge in [-0.05, 0) is 25.8 Å². The minimum absolute atomic E-state index is 0.0266. The first-order valence-electron chi connectivity index (χ1n) is 7.19. The zero-order chi connectivity index (χ0) is 14.7. The highest BCUT2D eigenvalue weighted by molar-refractivity contribution is 6.00. The van der Waals surface area contributed by atoms with E-state index in [-0.39, 0.29) is 11.9 Å². The third-order valence-electron chi connectivity index (χ3n) is 3.40. The number of hydrogen-bond donors (Lipinski definition) is 3. The van der Waals surface area contributed by atoms with Crippen molar-refractivity contribution in [2.75, 3.05) is 11.9 Å². The SMILES string of the molecule is CCCc1cc(NC(=O)c2noc(C3CCCN3)n2)n[nH]1. The molecule has 0 radical (unpaired) electrons. The normalized spacial score (nSPS) is 18.0. The van der Waals surface area contributed by atoms with Gasteiger partial charge in [-0.2, -0.15) is 10.1 Å². The highest BCUT2D eigenvalue weighted by Gasteiger charge is 2.24. The average molecular weight is 290 g/mol. The first-order chi connectivity index (χ1) is 10.3. The number of nitrogens with zero attached hydrogens (tertiary/aromatic N) is 3. The molecule has 1 aliphatic rings. The van der Waals surface area contributed by atoms with Crippen molar-refractivity contribution >= 4 is 11.7 Å². The lowest BCUT2D eigenvalue weighted by Gasteiger charge is -2.01. The highest BCUT2D eigenvalue weighted by atomic mass is 16.5. The van der Waals surface area contributed by atoms with Crippen LogP contribution in [0.2, 0.25) is 0 Å². The summed E-state index contributed by atoms with van der Waals surface area (Å²) in [6.45, 7) is 3.01. The summed E-state index contributed by atoms with van der Waals surface area (Å²) in [5.41, 5.74) is 0.983. The van der Waals surface area contributed by atoms with Crippen LogP contribution in [-0.4, -0.2) is 32.8 Å². The Kier molecular flexibility index (Phi) is 3.96. The predicted octanol–water partition coefficient (Wildman–Crippen LogP) is 1.42. The maximum Gasteiger partial charge on any atom is 0.298 e. The van der Waals surface area contributed by atoms with Crippen molar-refractivity contribution in [2.45, 2.75) is 38.6 Å². The molecule has 2 aromatic heterocycles. The molecule has 3 heterocycles. The molecule has 21 heavy (non-hydrogen) atoms. The van der Waals surface area contributed by atoms with Crippen LogP contribution >= 0.6 is 0 Å². The first kappa shape index (κ1) is 13.7. The average Bonchev–Trinajstić information content (AvgIpc) is 3.20. The third-order valence-corrected chi connectivity index (χ3v) is 3.40. The van der Waals surface area contributed by atoms with Crippen LogP contribution in [0.1, 0.15) is 54.4 Å². The van der Waals surface area contributed by atoms with E-state index in [0.29, 0.717) is 11.7 Å². The Balaban J connectivity index is 1.64. The molecule has 1 unspecified atom stereocenters. The molecule has 0 saturated carbocycles. The van der Waals surface area contributed by atoms with Gasteiger partial charge in [0.25, 0.3) is 11.7 Å². The Morgan fingerprint density at radius 2 is 2.48 bits per heavy atom. The zero-order valence-corrected chi connectivity index (χ0v) is 11.8.